The fourth-order valence-corrected chi connectivity index (χ4v) is 2.60. The van der Waals surface area contributed by atoms with E-state index >= 15 is 0 Å². The van der Waals surface area contributed by atoms with Crippen LogP contribution in [0.25, 0.3) is 0 Å². The quantitative estimate of drug-likeness (QED) is 0.853. The molecule has 1 atom stereocenters. The number of rotatable bonds is 4. The predicted molar refractivity (Wildman–Crippen MR) is 85.2 cm³/mol. The van der Waals surface area contributed by atoms with Gasteiger partial charge < -0.3 is 10.4 Å². The molecular weight excluding hydrogens is 282 g/mol. The third-order valence-corrected chi connectivity index (χ3v) is 3.69. The van der Waals surface area contributed by atoms with Crippen molar-refractivity contribution in [2.75, 3.05) is 6.61 Å². The Morgan fingerprint density at radius 3 is 3.00 bits per heavy atom. The molecule has 0 fully saturated rings. The number of carbonyl (C=O) groups excluding carboxylic acids is 1. The van der Waals surface area contributed by atoms with Crippen LogP contribution in [0.5, 0.6) is 0 Å². The van der Waals surface area contributed by atoms with Crippen molar-refractivity contribution in [1.29, 1.82) is 0 Å². The lowest BCUT2D eigenvalue weighted by Gasteiger charge is -2.12. The van der Waals surface area contributed by atoms with E-state index < -0.39 is 0 Å². The molecule has 2 N–H and O–H groups in total. The summed E-state index contributed by atoms with van der Waals surface area (Å²) in [6.07, 6.45) is 0.436. The molecule has 1 unspecified atom stereocenters. The molecule has 0 saturated heterocycles. The maximum Gasteiger partial charge on any atom is 0.251 e. The van der Waals surface area contributed by atoms with Gasteiger partial charge in [-0.1, -0.05) is 17.9 Å². The van der Waals surface area contributed by atoms with E-state index in [0.29, 0.717) is 12.0 Å². The van der Waals surface area contributed by atoms with Crippen LogP contribution in [-0.4, -0.2) is 17.6 Å². The third-order valence-electron chi connectivity index (χ3n) is 2.99. The summed E-state index contributed by atoms with van der Waals surface area (Å²) in [4.78, 5) is 12.2. The lowest BCUT2D eigenvalue weighted by atomic mass is 10.1. The summed E-state index contributed by atoms with van der Waals surface area (Å²) < 4.78 is 0. The summed E-state index contributed by atoms with van der Waals surface area (Å²) in [6.45, 7) is 2.01. The number of thiophene rings is 1. The van der Waals surface area contributed by atoms with Gasteiger partial charge in [-0.25, -0.2) is 0 Å². The number of nitrogens with one attached hydrogen (secondary N) is 1. The number of aliphatic hydroxyl groups is 1. The van der Waals surface area contributed by atoms with Crippen LogP contribution in [0.1, 0.15) is 40.9 Å². The molecule has 1 heterocycles. The van der Waals surface area contributed by atoms with E-state index in [2.05, 4.69) is 17.2 Å². The zero-order chi connectivity index (χ0) is 15.1. The van der Waals surface area contributed by atoms with Crippen LogP contribution < -0.4 is 5.32 Å². The van der Waals surface area contributed by atoms with Gasteiger partial charge in [-0.3, -0.25) is 4.79 Å². The van der Waals surface area contributed by atoms with E-state index in [1.807, 2.05) is 35.9 Å². The average molecular weight is 299 g/mol. The zero-order valence-corrected chi connectivity index (χ0v) is 12.6. The molecule has 1 aromatic carbocycles. The normalized spacial score (nSPS) is 11.3. The van der Waals surface area contributed by atoms with Crippen LogP contribution in [0.15, 0.2) is 41.1 Å². The molecule has 1 aromatic heterocycles. The van der Waals surface area contributed by atoms with Gasteiger partial charge in [0.25, 0.3) is 5.91 Å². The minimum absolute atomic E-state index is 0.0205. The Labute approximate surface area is 128 Å². The number of hydrogen-bond acceptors (Lipinski definition) is 3. The summed E-state index contributed by atoms with van der Waals surface area (Å²) in [5.41, 5.74) is 2.47. The van der Waals surface area contributed by atoms with Gasteiger partial charge in [0.05, 0.1) is 12.6 Å². The second kappa shape index (κ2) is 7.63. The van der Waals surface area contributed by atoms with Gasteiger partial charge in [0, 0.05) is 17.5 Å². The van der Waals surface area contributed by atoms with Crippen LogP contribution in [0, 0.1) is 11.8 Å². The zero-order valence-electron chi connectivity index (χ0n) is 11.8. The minimum atomic E-state index is -0.112. The topological polar surface area (TPSA) is 49.3 Å². The third kappa shape index (κ3) is 4.45. The largest absolute Gasteiger partial charge is 0.395 e. The van der Waals surface area contributed by atoms with Gasteiger partial charge in [0.15, 0.2) is 0 Å². The molecule has 0 aliphatic rings. The first-order chi connectivity index (χ1) is 10.2. The fraction of sp³-hybridized carbons (Fsp3) is 0.235. The van der Waals surface area contributed by atoms with E-state index in [-0.39, 0.29) is 18.6 Å². The highest BCUT2D eigenvalue weighted by Crippen LogP contribution is 2.16. The lowest BCUT2D eigenvalue weighted by molar-refractivity contribution is 0.0940. The van der Waals surface area contributed by atoms with E-state index in [1.54, 1.807) is 23.5 Å². The molecule has 4 heteroatoms. The summed E-state index contributed by atoms with van der Waals surface area (Å²) >= 11 is 1.61. The molecule has 0 aliphatic heterocycles. The fourth-order valence-electron chi connectivity index (χ4n) is 1.84. The van der Waals surface area contributed by atoms with Gasteiger partial charge in [-0.15, -0.1) is 0 Å². The Balaban J connectivity index is 2.06. The molecule has 21 heavy (non-hydrogen) atoms. The van der Waals surface area contributed by atoms with Crippen molar-refractivity contribution < 1.29 is 9.90 Å². The van der Waals surface area contributed by atoms with E-state index in [1.165, 1.54) is 0 Å². The molecule has 3 nitrogen and oxygen atoms in total. The summed E-state index contributed by atoms with van der Waals surface area (Å²) in [5.74, 6) is 5.67. The maximum atomic E-state index is 12.2. The van der Waals surface area contributed by atoms with Gasteiger partial charge in [0.1, 0.15) is 0 Å². The van der Waals surface area contributed by atoms with Crippen LogP contribution in [0.2, 0.25) is 0 Å². The second-order valence-corrected chi connectivity index (χ2v) is 5.39. The van der Waals surface area contributed by atoms with E-state index in [4.69, 9.17) is 5.11 Å². The van der Waals surface area contributed by atoms with Crippen LogP contribution in [0.3, 0.4) is 0 Å². The predicted octanol–water partition coefficient (Wildman–Crippen LogP) is 2.97. The Kier molecular flexibility index (Phi) is 5.56. The van der Waals surface area contributed by atoms with Crippen molar-refractivity contribution in [3.8, 4) is 11.8 Å². The van der Waals surface area contributed by atoms with Gasteiger partial charge in [0.2, 0.25) is 0 Å². The van der Waals surface area contributed by atoms with E-state index in [0.717, 1.165) is 11.1 Å². The Hall–Kier alpha value is -2.09. The SMILES string of the molecule is CC(NC(=O)c1cccc(C#CCCO)c1)c1ccsc1. The summed E-state index contributed by atoms with van der Waals surface area (Å²) in [5, 5.41) is 15.7. The van der Waals surface area contributed by atoms with Crippen LogP contribution in [-0.2, 0) is 0 Å². The van der Waals surface area contributed by atoms with Crippen molar-refractivity contribution in [3.05, 3.63) is 57.8 Å². The van der Waals surface area contributed by atoms with Crippen molar-refractivity contribution in [3.63, 3.8) is 0 Å². The van der Waals surface area contributed by atoms with E-state index in [9.17, 15) is 4.79 Å². The van der Waals surface area contributed by atoms with Crippen molar-refractivity contribution >= 4 is 17.2 Å². The molecule has 0 bridgehead atoms. The first-order valence-corrected chi connectivity index (χ1v) is 7.67. The Morgan fingerprint density at radius 2 is 2.29 bits per heavy atom. The van der Waals surface area contributed by atoms with Crippen molar-refractivity contribution in [2.24, 2.45) is 0 Å². The Morgan fingerprint density at radius 1 is 1.43 bits per heavy atom. The Bertz CT molecular complexity index is 653. The smallest absolute Gasteiger partial charge is 0.251 e. The van der Waals surface area contributed by atoms with Crippen LogP contribution in [0.4, 0.5) is 0 Å². The molecule has 2 aromatic rings. The molecular formula is C17H17NO2S. The highest BCUT2D eigenvalue weighted by molar-refractivity contribution is 7.07. The number of amides is 1. The second-order valence-electron chi connectivity index (χ2n) is 4.61. The van der Waals surface area contributed by atoms with Gasteiger partial charge in [-0.05, 0) is 47.5 Å². The van der Waals surface area contributed by atoms with Gasteiger partial charge >= 0.3 is 0 Å². The summed E-state index contributed by atoms with van der Waals surface area (Å²) in [7, 11) is 0. The molecule has 0 saturated carbocycles. The van der Waals surface area contributed by atoms with Crippen molar-refractivity contribution in [1.82, 2.24) is 5.32 Å². The lowest BCUT2D eigenvalue weighted by Crippen LogP contribution is -2.26. The van der Waals surface area contributed by atoms with Crippen molar-refractivity contribution in [2.45, 2.75) is 19.4 Å². The molecule has 2 rings (SSSR count). The first kappa shape index (κ1) is 15.3. The number of benzene rings is 1. The molecule has 0 spiro atoms. The molecule has 0 radical (unpaired) electrons. The van der Waals surface area contributed by atoms with Crippen LogP contribution >= 0.6 is 11.3 Å². The monoisotopic (exact) mass is 299 g/mol. The number of carbonyl (C=O) groups is 1. The summed E-state index contributed by atoms with van der Waals surface area (Å²) in [6, 6.07) is 9.18. The first-order valence-electron chi connectivity index (χ1n) is 6.73. The number of aliphatic hydroxyl groups excluding tert-OH is 1. The number of hydrogen-bond donors (Lipinski definition) is 2. The minimum Gasteiger partial charge on any atom is -0.395 e. The standard InChI is InChI=1S/C17H17NO2S/c1-13(16-8-10-21-12-16)18-17(20)15-7-4-6-14(11-15)5-2-3-9-19/h4,6-8,10-13,19H,3,9H2,1H3,(H,18,20). The average Bonchev–Trinajstić information content (AvgIpc) is 3.02. The molecule has 0 aliphatic carbocycles. The highest BCUT2D eigenvalue weighted by Gasteiger charge is 2.11. The van der Waals surface area contributed by atoms with Gasteiger partial charge in [-0.2, -0.15) is 11.3 Å². The molecule has 1 amide bonds. The highest BCUT2D eigenvalue weighted by atomic mass is 32.1. The molecule has 108 valence electrons. The maximum absolute atomic E-state index is 12.2.